The number of nitrogens with one attached hydrogen (secondary N) is 1. The molecule has 1 N–H and O–H groups in total. The number of thioether (sulfide) groups is 1. The maximum absolute atomic E-state index is 14.0. The zero-order chi connectivity index (χ0) is 41.4. The Morgan fingerprint density at radius 2 is 1.52 bits per heavy atom. The number of Topliss-reactive ketones (excluding diaryl/α,β-unsaturated/α-hetero) is 1. The van der Waals surface area contributed by atoms with Gasteiger partial charge < -0.3 is 19.9 Å². The van der Waals surface area contributed by atoms with Gasteiger partial charge in [0, 0.05) is 63.8 Å². The van der Waals surface area contributed by atoms with Gasteiger partial charge in [0.05, 0.1) is 12.1 Å². The van der Waals surface area contributed by atoms with Crippen molar-refractivity contribution >= 4 is 35.3 Å². The van der Waals surface area contributed by atoms with Crippen molar-refractivity contribution in [2.24, 2.45) is 17.8 Å². The second-order valence-corrected chi connectivity index (χ2v) is 17.7. The maximum atomic E-state index is 14.0. The molecule has 3 rings (SSSR count). The van der Waals surface area contributed by atoms with Gasteiger partial charge in [-0.05, 0) is 82.1 Å². The fourth-order valence-corrected chi connectivity index (χ4v) is 8.85. The lowest BCUT2D eigenvalue weighted by Crippen LogP contribution is -2.56. The Bertz CT molecular complexity index is 1480. The Labute approximate surface area is 342 Å². The molecule has 11 heteroatoms. The van der Waals surface area contributed by atoms with E-state index < -0.39 is 12.1 Å². The van der Waals surface area contributed by atoms with E-state index in [0.717, 1.165) is 44.3 Å². The number of ether oxygens (including phenoxy) is 1. The van der Waals surface area contributed by atoms with Gasteiger partial charge in [0.1, 0.15) is 11.8 Å². The molecule has 0 aliphatic carbocycles. The second-order valence-electron chi connectivity index (χ2n) is 16.6. The first-order valence-corrected chi connectivity index (χ1v) is 21.8. The molecule has 2 aromatic rings. The third-order valence-electron chi connectivity index (χ3n) is 11.3. The number of hydrogen-bond donors (Lipinski definition) is 1. The van der Waals surface area contributed by atoms with E-state index in [1.807, 2.05) is 94.9 Å². The molecule has 10 nitrogen and oxygen atoms in total. The molecule has 1 aliphatic rings. The van der Waals surface area contributed by atoms with Crippen LogP contribution in [0.4, 0.5) is 0 Å². The Kier molecular flexibility index (Phi) is 20.1. The summed E-state index contributed by atoms with van der Waals surface area (Å²) >= 11 is 1.78. The Hall–Kier alpha value is -3.25. The van der Waals surface area contributed by atoms with Crippen molar-refractivity contribution in [1.29, 1.82) is 0 Å². The van der Waals surface area contributed by atoms with E-state index in [9.17, 15) is 19.2 Å². The zero-order valence-electron chi connectivity index (χ0n) is 35.9. The number of amides is 3. The Morgan fingerprint density at radius 3 is 2.07 bits per heavy atom. The topological polar surface area (TPSA) is 102 Å². The number of likely N-dealkylation sites (tertiary alicyclic amines) is 1. The molecule has 56 heavy (non-hydrogen) atoms. The molecule has 3 amide bonds. The van der Waals surface area contributed by atoms with Gasteiger partial charge in [-0.1, -0.05) is 95.3 Å². The molecule has 0 spiro atoms. The molecule has 1 aliphatic heterocycles. The van der Waals surface area contributed by atoms with Crippen LogP contribution in [0.1, 0.15) is 77.8 Å². The SMILES string of the molecule is COC(CC(=O)C(C)CCN1CCCC1C(CC(=O)N(CCc1ccccc1)Cc1ccccc1)SC)CN(C)C(=O)C(NC(=O)C(C(C)C)N(C)C)C(C)C. The van der Waals surface area contributed by atoms with Crippen molar-refractivity contribution in [3.8, 4) is 0 Å². The molecule has 6 atom stereocenters. The highest BCUT2D eigenvalue weighted by atomic mass is 32.2. The monoisotopic (exact) mass is 794 g/mol. The minimum atomic E-state index is -0.684. The standard InChI is InChI=1S/C45H71N5O5S/c1-32(2)42(46-44(53)43(33(3)4)47(6)7)45(54)48(8)31-37(55-9)28-39(51)34(5)23-26-49-25-17-22-38(49)40(56-10)29-41(52)50(30-36-20-15-12-16-21-36)27-24-35-18-13-11-14-19-35/h11-16,18-21,32-34,37-38,40,42-43H,17,22-31H2,1-10H3,(H,46,53). The normalized spacial score (nSPS) is 17.4. The Morgan fingerprint density at radius 1 is 0.893 bits per heavy atom. The smallest absolute Gasteiger partial charge is 0.245 e. The highest BCUT2D eigenvalue weighted by Crippen LogP contribution is 2.30. The number of rotatable bonds is 24. The predicted molar refractivity (Wildman–Crippen MR) is 229 cm³/mol. The first-order chi connectivity index (χ1) is 26.7. The van der Waals surface area contributed by atoms with E-state index in [4.69, 9.17) is 4.74 Å². The summed E-state index contributed by atoms with van der Waals surface area (Å²) in [6, 6.07) is 19.8. The summed E-state index contributed by atoms with van der Waals surface area (Å²) in [5, 5.41) is 3.16. The fourth-order valence-electron chi connectivity index (χ4n) is 7.92. The van der Waals surface area contributed by atoms with Gasteiger partial charge in [-0.25, -0.2) is 0 Å². The number of carbonyl (C=O) groups excluding carboxylic acids is 4. The number of ketones is 1. The largest absolute Gasteiger partial charge is 0.379 e. The first-order valence-electron chi connectivity index (χ1n) is 20.6. The summed E-state index contributed by atoms with van der Waals surface area (Å²) in [5.41, 5.74) is 2.36. The van der Waals surface area contributed by atoms with Crippen molar-refractivity contribution in [2.45, 2.75) is 109 Å². The van der Waals surface area contributed by atoms with Crippen molar-refractivity contribution in [2.75, 3.05) is 60.7 Å². The second kappa shape index (κ2) is 23.9. The van der Waals surface area contributed by atoms with E-state index in [0.29, 0.717) is 19.5 Å². The highest BCUT2D eigenvalue weighted by Gasteiger charge is 2.35. The lowest BCUT2D eigenvalue weighted by Gasteiger charge is -2.33. The van der Waals surface area contributed by atoms with Gasteiger partial charge in [0.25, 0.3) is 0 Å². The zero-order valence-corrected chi connectivity index (χ0v) is 36.7. The number of nitrogens with zero attached hydrogens (tertiary/aromatic N) is 4. The predicted octanol–water partition coefficient (Wildman–Crippen LogP) is 6.03. The molecular weight excluding hydrogens is 723 g/mol. The minimum Gasteiger partial charge on any atom is -0.379 e. The van der Waals surface area contributed by atoms with Gasteiger partial charge in [-0.15, -0.1) is 0 Å². The van der Waals surface area contributed by atoms with Gasteiger partial charge in [-0.2, -0.15) is 11.8 Å². The van der Waals surface area contributed by atoms with E-state index >= 15 is 0 Å². The summed E-state index contributed by atoms with van der Waals surface area (Å²) < 4.78 is 5.73. The molecule has 1 heterocycles. The molecule has 0 aromatic heterocycles. The molecule has 6 unspecified atom stereocenters. The van der Waals surface area contributed by atoms with Crippen molar-refractivity contribution in [3.05, 3.63) is 71.8 Å². The number of methoxy groups -OCH3 is 1. The maximum Gasteiger partial charge on any atom is 0.245 e. The molecule has 312 valence electrons. The summed E-state index contributed by atoms with van der Waals surface area (Å²) in [6.07, 6.45) is 6.00. The summed E-state index contributed by atoms with van der Waals surface area (Å²) in [7, 11) is 7.02. The molecule has 0 bridgehead atoms. The first kappa shape index (κ1) is 47.1. The molecule has 0 saturated carbocycles. The third-order valence-corrected chi connectivity index (χ3v) is 12.4. The van der Waals surface area contributed by atoms with Crippen LogP contribution >= 0.6 is 11.8 Å². The fraction of sp³-hybridized carbons (Fsp3) is 0.644. The van der Waals surface area contributed by atoms with E-state index in [1.54, 1.807) is 30.8 Å². The minimum absolute atomic E-state index is 0.0838. The van der Waals surface area contributed by atoms with Crippen LogP contribution in [-0.4, -0.2) is 133 Å². The molecule has 1 fully saturated rings. The van der Waals surface area contributed by atoms with Crippen LogP contribution in [0.25, 0.3) is 0 Å². The highest BCUT2D eigenvalue weighted by molar-refractivity contribution is 7.99. The molecule has 2 aromatic carbocycles. The van der Waals surface area contributed by atoms with Crippen LogP contribution in [0.5, 0.6) is 0 Å². The molecule has 0 radical (unpaired) electrons. The van der Waals surface area contributed by atoms with E-state index in [2.05, 4.69) is 40.7 Å². The van der Waals surface area contributed by atoms with E-state index in [-0.39, 0.29) is 71.6 Å². The van der Waals surface area contributed by atoms with Crippen molar-refractivity contribution < 1.29 is 23.9 Å². The molecule has 1 saturated heterocycles. The summed E-state index contributed by atoms with van der Waals surface area (Å²) in [4.78, 5) is 62.3. The van der Waals surface area contributed by atoms with Gasteiger partial charge in [-0.3, -0.25) is 29.0 Å². The van der Waals surface area contributed by atoms with Crippen LogP contribution in [0.3, 0.4) is 0 Å². The summed E-state index contributed by atoms with van der Waals surface area (Å²) in [5.74, 6) is -0.275. The van der Waals surface area contributed by atoms with Gasteiger partial charge >= 0.3 is 0 Å². The van der Waals surface area contributed by atoms with Crippen LogP contribution in [0.15, 0.2) is 60.7 Å². The van der Waals surface area contributed by atoms with Gasteiger partial charge in [0.15, 0.2) is 0 Å². The quantitative estimate of drug-likeness (QED) is 0.138. The third kappa shape index (κ3) is 14.6. The van der Waals surface area contributed by atoms with Gasteiger partial charge in [0.2, 0.25) is 17.7 Å². The number of carbonyl (C=O) groups is 4. The average molecular weight is 794 g/mol. The number of hydrogen-bond acceptors (Lipinski definition) is 8. The summed E-state index contributed by atoms with van der Waals surface area (Å²) in [6.45, 7) is 13.1. The van der Waals surface area contributed by atoms with Crippen LogP contribution in [0.2, 0.25) is 0 Å². The Balaban J connectivity index is 1.56. The van der Waals surface area contributed by atoms with Crippen LogP contribution in [0, 0.1) is 17.8 Å². The van der Waals surface area contributed by atoms with Crippen LogP contribution in [-0.2, 0) is 36.9 Å². The number of likely N-dealkylation sites (N-methyl/N-ethyl adjacent to an activating group) is 2. The van der Waals surface area contributed by atoms with Crippen molar-refractivity contribution in [3.63, 3.8) is 0 Å². The lowest BCUT2D eigenvalue weighted by atomic mass is 9.96. The average Bonchev–Trinajstić information content (AvgIpc) is 3.64. The number of benzene rings is 2. The molecular formula is C45H71N5O5S. The van der Waals surface area contributed by atoms with Crippen molar-refractivity contribution in [1.82, 2.24) is 24.9 Å². The lowest BCUT2D eigenvalue weighted by molar-refractivity contribution is -0.140. The van der Waals surface area contributed by atoms with Crippen LogP contribution < -0.4 is 5.32 Å². The van der Waals surface area contributed by atoms with E-state index in [1.165, 1.54) is 5.56 Å².